The number of pyridine rings is 1. The minimum atomic E-state index is -0.307. The summed E-state index contributed by atoms with van der Waals surface area (Å²) < 4.78 is 7.51. The lowest BCUT2D eigenvalue weighted by Gasteiger charge is -2.21. The predicted octanol–water partition coefficient (Wildman–Crippen LogP) is 2.09. The van der Waals surface area contributed by atoms with Gasteiger partial charge >= 0.3 is 0 Å². The van der Waals surface area contributed by atoms with E-state index in [1.165, 1.54) is 0 Å². The van der Waals surface area contributed by atoms with Crippen LogP contribution in [0.2, 0.25) is 0 Å². The van der Waals surface area contributed by atoms with Gasteiger partial charge in [-0.2, -0.15) is 4.98 Å². The number of anilines is 1. The largest absolute Gasteiger partial charge is 0.423 e. The summed E-state index contributed by atoms with van der Waals surface area (Å²) in [4.78, 5) is 23.3. The highest BCUT2D eigenvalue weighted by Crippen LogP contribution is 2.28. The van der Waals surface area contributed by atoms with Gasteiger partial charge in [0, 0.05) is 18.9 Å². The van der Waals surface area contributed by atoms with E-state index in [4.69, 9.17) is 4.42 Å². The first-order chi connectivity index (χ1) is 14.3. The average molecular weight is 389 g/mol. The van der Waals surface area contributed by atoms with Crippen molar-refractivity contribution in [2.45, 2.75) is 25.4 Å². The van der Waals surface area contributed by atoms with Crippen LogP contribution >= 0.6 is 0 Å². The molecule has 0 aliphatic carbocycles. The zero-order chi connectivity index (χ0) is 19.6. The number of fused-ring (bicyclic) bond motifs is 1. The molecule has 1 amide bonds. The zero-order valence-corrected chi connectivity index (χ0v) is 15.6. The molecule has 3 aromatic heterocycles. The number of benzene rings is 1. The van der Waals surface area contributed by atoms with E-state index in [1.54, 1.807) is 23.3 Å². The maximum absolute atomic E-state index is 12.8. The number of amides is 1. The van der Waals surface area contributed by atoms with E-state index in [2.05, 4.69) is 25.6 Å². The van der Waals surface area contributed by atoms with Gasteiger partial charge in [-0.1, -0.05) is 17.3 Å². The summed E-state index contributed by atoms with van der Waals surface area (Å²) in [5.41, 5.74) is 3.06. The quantitative estimate of drug-likeness (QED) is 0.557. The number of carbonyl (C=O) groups is 1. The monoisotopic (exact) mass is 389 g/mol. The summed E-state index contributed by atoms with van der Waals surface area (Å²) in [5, 5.41) is 11.2. The maximum Gasteiger partial charge on any atom is 0.299 e. The Morgan fingerprint density at radius 2 is 2.07 bits per heavy atom. The first-order valence-electron chi connectivity index (χ1n) is 9.49. The number of rotatable bonds is 5. The number of oxazole rings is 1. The van der Waals surface area contributed by atoms with E-state index in [-0.39, 0.29) is 11.9 Å². The summed E-state index contributed by atoms with van der Waals surface area (Å²) in [6.07, 6.45) is 6.85. The van der Waals surface area contributed by atoms with Gasteiger partial charge in [-0.25, -0.2) is 4.68 Å². The minimum Gasteiger partial charge on any atom is -0.423 e. The van der Waals surface area contributed by atoms with Gasteiger partial charge in [-0.05, 0) is 37.1 Å². The van der Waals surface area contributed by atoms with E-state index < -0.39 is 0 Å². The number of hydrogen-bond acceptors (Lipinski definition) is 7. The molecule has 1 atom stereocenters. The van der Waals surface area contributed by atoms with E-state index >= 15 is 0 Å². The van der Waals surface area contributed by atoms with Crippen LogP contribution in [-0.2, 0) is 11.3 Å². The molecule has 1 aliphatic rings. The van der Waals surface area contributed by atoms with Gasteiger partial charge < -0.3 is 14.6 Å². The normalized spacial score (nSPS) is 16.4. The summed E-state index contributed by atoms with van der Waals surface area (Å²) in [6, 6.07) is 11.5. The molecule has 1 aromatic carbocycles. The van der Waals surface area contributed by atoms with Crippen LogP contribution in [0.5, 0.6) is 0 Å². The fraction of sp³-hybridized carbons (Fsp3) is 0.250. The van der Waals surface area contributed by atoms with Crippen molar-refractivity contribution in [2.24, 2.45) is 0 Å². The molecular formula is C20H19N7O2. The fourth-order valence-corrected chi connectivity index (χ4v) is 3.55. The van der Waals surface area contributed by atoms with Crippen molar-refractivity contribution in [1.82, 2.24) is 30.3 Å². The van der Waals surface area contributed by atoms with Crippen LogP contribution in [0.25, 0.3) is 16.8 Å². The summed E-state index contributed by atoms with van der Waals surface area (Å²) >= 11 is 0. The minimum absolute atomic E-state index is 0.0665. The Balaban J connectivity index is 1.26. The van der Waals surface area contributed by atoms with Crippen molar-refractivity contribution >= 4 is 23.0 Å². The molecule has 9 heteroatoms. The van der Waals surface area contributed by atoms with Gasteiger partial charge in [0.25, 0.3) is 6.01 Å². The lowest BCUT2D eigenvalue weighted by Crippen LogP contribution is -2.43. The molecule has 29 heavy (non-hydrogen) atoms. The standard InChI is InChI=1S/C20H19N7O2/c28-19(22-12-14-13-27(25-24-14)15-7-9-21-10-8-15)17-5-3-11-26(17)20-23-16-4-1-2-6-18(16)29-20/h1-2,4,6-10,13,17H,3,5,11-12H2,(H,22,28). The Hall–Kier alpha value is -3.75. The third-order valence-corrected chi connectivity index (χ3v) is 5.00. The van der Waals surface area contributed by atoms with E-state index in [0.717, 1.165) is 36.2 Å². The number of hydrogen-bond donors (Lipinski definition) is 1. The second kappa shape index (κ2) is 7.34. The fourth-order valence-electron chi connectivity index (χ4n) is 3.55. The van der Waals surface area contributed by atoms with Crippen LogP contribution in [0, 0.1) is 0 Å². The van der Waals surface area contributed by atoms with Crippen molar-refractivity contribution in [3.63, 3.8) is 0 Å². The lowest BCUT2D eigenvalue weighted by molar-refractivity contribution is -0.122. The molecule has 1 aliphatic heterocycles. The van der Waals surface area contributed by atoms with Crippen molar-refractivity contribution in [3.05, 3.63) is 60.7 Å². The third-order valence-electron chi connectivity index (χ3n) is 5.00. The van der Waals surface area contributed by atoms with Gasteiger partial charge in [0.05, 0.1) is 18.4 Å². The van der Waals surface area contributed by atoms with Crippen molar-refractivity contribution in [3.8, 4) is 5.69 Å². The lowest BCUT2D eigenvalue weighted by atomic mass is 10.2. The van der Waals surface area contributed by atoms with Gasteiger partial charge in [-0.15, -0.1) is 5.10 Å². The smallest absolute Gasteiger partial charge is 0.299 e. The van der Waals surface area contributed by atoms with Crippen LogP contribution < -0.4 is 10.2 Å². The first-order valence-corrected chi connectivity index (χ1v) is 9.49. The third kappa shape index (κ3) is 3.42. The number of aromatic nitrogens is 5. The van der Waals surface area contributed by atoms with Crippen LogP contribution in [0.1, 0.15) is 18.5 Å². The Morgan fingerprint density at radius 3 is 2.93 bits per heavy atom. The Bertz CT molecular complexity index is 1100. The van der Waals surface area contributed by atoms with Crippen molar-refractivity contribution < 1.29 is 9.21 Å². The second-order valence-corrected chi connectivity index (χ2v) is 6.89. The highest BCUT2D eigenvalue weighted by molar-refractivity contribution is 5.85. The molecule has 1 N–H and O–H groups in total. The van der Waals surface area contributed by atoms with Crippen molar-refractivity contribution in [1.29, 1.82) is 0 Å². The zero-order valence-electron chi connectivity index (χ0n) is 15.6. The number of nitrogens with one attached hydrogen (secondary N) is 1. The molecule has 1 unspecified atom stereocenters. The SMILES string of the molecule is O=C(NCc1cn(-c2ccncc2)nn1)C1CCCN1c1nc2ccccc2o1. The van der Waals surface area contributed by atoms with E-state index in [0.29, 0.717) is 18.3 Å². The maximum atomic E-state index is 12.8. The number of nitrogens with zero attached hydrogens (tertiary/aromatic N) is 6. The number of carbonyl (C=O) groups excluding carboxylic acids is 1. The number of para-hydroxylation sites is 2. The molecule has 0 saturated carbocycles. The molecule has 0 bridgehead atoms. The molecule has 4 heterocycles. The molecular weight excluding hydrogens is 370 g/mol. The van der Waals surface area contributed by atoms with Crippen LogP contribution in [0.15, 0.2) is 59.4 Å². The molecule has 4 aromatic rings. The molecule has 146 valence electrons. The van der Waals surface area contributed by atoms with E-state index in [1.807, 2.05) is 41.3 Å². The highest BCUT2D eigenvalue weighted by Gasteiger charge is 2.33. The van der Waals surface area contributed by atoms with Gasteiger partial charge in [-0.3, -0.25) is 9.78 Å². The Labute approximate surface area is 166 Å². The van der Waals surface area contributed by atoms with Crippen molar-refractivity contribution in [2.75, 3.05) is 11.4 Å². The highest BCUT2D eigenvalue weighted by atomic mass is 16.4. The summed E-state index contributed by atoms with van der Waals surface area (Å²) in [6.45, 7) is 1.05. The second-order valence-electron chi connectivity index (χ2n) is 6.89. The Kier molecular flexibility index (Phi) is 4.39. The topological polar surface area (TPSA) is 102 Å². The average Bonchev–Trinajstić information content (AvgIpc) is 3.51. The van der Waals surface area contributed by atoms with Gasteiger partial charge in [0.1, 0.15) is 17.3 Å². The Morgan fingerprint density at radius 1 is 1.21 bits per heavy atom. The molecule has 1 saturated heterocycles. The van der Waals surface area contributed by atoms with Gasteiger partial charge in [0.15, 0.2) is 5.58 Å². The van der Waals surface area contributed by atoms with Crippen LogP contribution in [0.3, 0.4) is 0 Å². The summed E-state index contributed by atoms with van der Waals surface area (Å²) in [7, 11) is 0. The first kappa shape index (κ1) is 17.4. The molecule has 0 spiro atoms. The molecule has 0 radical (unpaired) electrons. The van der Waals surface area contributed by atoms with Crippen LogP contribution in [-0.4, -0.2) is 43.5 Å². The predicted molar refractivity (Wildman–Crippen MR) is 105 cm³/mol. The van der Waals surface area contributed by atoms with Crippen LogP contribution in [0.4, 0.5) is 6.01 Å². The van der Waals surface area contributed by atoms with E-state index in [9.17, 15) is 4.79 Å². The van der Waals surface area contributed by atoms with Gasteiger partial charge in [0.2, 0.25) is 5.91 Å². The molecule has 1 fully saturated rings. The molecule has 5 rings (SSSR count). The molecule has 9 nitrogen and oxygen atoms in total. The summed E-state index contributed by atoms with van der Waals surface area (Å²) in [5.74, 6) is -0.0665.